The van der Waals surface area contributed by atoms with Gasteiger partial charge in [-0.05, 0) is 20.3 Å². The summed E-state index contributed by atoms with van der Waals surface area (Å²) >= 11 is 0. The molecule has 0 radical (unpaired) electrons. The van der Waals surface area contributed by atoms with E-state index in [2.05, 4.69) is 32.1 Å². The summed E-state index contributed by atoms with van der Waals surface area (Å²) in [6, 6.07) is 0. The predicted molar refractivity (Wildman–Crippen MR) is 53.4 cm³/mol. The Morgan fingerprint density at radius 3 is 2.10 bits per heavy atom. The zero-order valence-corrected chi connectivity index (χ0v) is 8.39. The van der Waals surface area contributed by atoms with Crippen molar-refractivity contribution in [2.75, 3.05) is 0 Å². The molecule has 0 aliphatic rings. The number of rotatable bonds is 2. The normalized spacial score (nSPS) is 10.5. The monoisotopic (exact) mass is 182 g/mol. The molecule has 0 bridgehead atoms. The molecule has 2 heteroatoms. The van der Waals surface area contributed by atoms with Crippen molar-refractivity contribution < 1.29 is 0 Å². The second kappa shape index (κ2) is 11.8. The van der Waals surface area contributed by atoms with Gasteiger partial charge in [0.25, 0.3) is 0 Å². The summed E-state index contributed by atoms with van der Waals surface area (Å²) in [6.07, 6.45) is 7.52. The van der Waals surface area contributed by atoms with Crippen LogP contribution in [0.15, 0.2) is 23.8 Å². The maximum Gasteiger partial charge on any atom is -0.0374 e. The van der Waals surface area contributed by atoms with Gasteiger partial charge in [0.2, 0.25) is 0 Å². The molecule has 0 aliphatic heterocycles. The van der Waals surface area contributed by atoms with Crippen LogP contribution in [0.25, 0.3) is 0 Å². The minimum absolute atomic E-state index is 0. The fourth-order valence-electron chi connectivity index (χ4n) is 0.653. The van der Waals surface area contributed by atoms with Crippen molar-refractivity contribution >= 4 is 24.8 Å². The molecule has 0 amide bonds. The van der Waals surface area contributed by atoms with E-state index in [1.807, 2.05) is 6.92 Å². The first-order valence-corrected chi connectivity index (χ1v) is 3.10. The van der Waals surface area contributed by atoms with E-state index in [1.54, 1.807) is 0 Å². The molecule has 0 nitrogen and oxygen atoms in total. The zero-order chi connectivity index (χ0) is 6.41. The smallest absolute Gasteiger partial charge is 0.0374 e. The Kier molecular flexibility index (Phi) is 19.6. The Balaban J connectivity index is -0.000000245. The second-order valence-electron chi connectivity index (χ2n) is 1.86. The molecule has 62 valence electrons. The molecule has 0 atom stereocenters. The van der Waals surface area contributed by atoms with Crippen LogP contribution in [-0.2, 0) is 0 Å². The molecule has 10 heavy (non-hydrogen) atoms. The maximum atomic E-state index is 2.21. The lowest BCUT2D eigenvalue weighted by Gasteiger charge is -1.85. The Bertz CT molecular complexity index is 104. The van der Waals surface area contributed by atoms with Gasteiger partial charge in [0, 0.05) is 0 Å². The summed E-state index contributed by atoms with van der Waals surface area (Å²) in [5.74, 6) is 0. The molecule has 0 saturated carbocycles. The number of hydrogen-bond acceptors (Lipinski definition) is 0. The van der Waals surface area contributed by atoms with E-state index in [0.717, 1.165) is 6.42 Å². The van der Waals surface area contributed by atoms with Gasteiger partial charge in [-0.25, -0.2) is 0 Å². The molecule has 0 spiro atoms. The molecule has 0 aliphatic carbocycles. The van der Waals surface area contributed by atoms with Crippen LogP contribution in [0.5, 0.6) is 0 Å². The highest BCUT2D eigenvalue weighted by Gasteiger charge is 1.74. The number of allylic oxidation sites excluding steroid dienone is 4. The van der Waals surface area contributed by atoms with E-state index < -0.39 is 0 Å². The van der Waals surface area contributed by atoms with Crippen molar-refractivity contribution in [1.29, 1.82) is 0 Å². The second-order valence-corrected chi connectivity index (χ2v) is 1.86. The summed E-state index contributed by atoms with van der Waals surface area (Å²) in [5, 5.41) is 0. The number of hydrogen-bond donors (Lipinski definition) is 0. The lowest BCUT2D eigenvalue weighted by atomic mass is 10.2. The first kappa shape index (κ1) is 16.6. The van der Waals surface area contributed by atoms with Crippen molar-refractivity contribution in [2.45, 2.75) is 27.2 Å². The third-order valence-electron chi connectivity index (χ3n) is 0.956. The molecule has 0 heterocycles. The van der Waals surface area contributed by atoms with Crippen LogP contribution in [0.4, 0.5) is 0 Å². The van der Waals surface area contributed by atoms with Crippen LogP contribution in [0.1, 0.15) is 27.2 Å². The van der Waals surface area contributed by atoms with E-state index in [1.165, 1.54) is 5.57 Å². The molecule has 0 unspecified atom stereocenters. The average Bonchev–Trinajstić information content (AvgIpc) is 1.68. The van der Waals surface area contributed by atoms with Gasteiger partial charge in [0.05, 0.1) is 0 Å². The molecule has 0 saturated heterocycles. The Labute approximate surface area is 76.2 Å². The van der Waals surface area contributed by atoms with Gasteiger partial charge in [0.1, 0.15) is 0 Å². The van der Waals surface area contributed by atoms with Crippen molar-refractivity contribution in [3.63, 3.8) is 0 Å². The fourth-order valence-corrected chi connectivity index (χ4v) is 0.653. The van der Waals surface area contributed by atoms with Crippen LogP contribution < -0.4 is 0 Å². The first-order chi connectivity index (χ1) is 3.81. The van der Waals surface area contributed by atoms with Crippen molar-refractivity contribution in [3.8, 4) is 0 Å². The van der Waals surface area contributed by atoms with E-state index in [-0.39, 0.29) is 24.8 Å². The van der Waals surface area contributed by atoms with Crippen LogP contribution in [0.3, 0.4) is 0 Å². The lowest BCUT2D eigenvalue weighted by molar-refractivity contribution is 1.20. The summed E-state index contributed by atoms with van der Waals surface area (Å²) < 4.78 is 0. The zero-order valence-electron chi connectivity index (χ0n) is 6.76. The van der Waals surface area contributed by atoms with Crippen molar-refractivity contribution in [1.82, 2.24) is 0 Å². The molecular formula is C8H16Cl2. The largest absolute Gasteiger partial charge is 0.147 e. The van der Waals surface area contributed by atoms with E-state index >= 15 is 0 Å². The van der Waals surface area contributed by atoms with Gasteiger partial charge < -0.3 is 0 Å². The summed E-state index contributed by atoms with van der Waals surface area (Å²) in [5.41, 5.74) is 1.36. The molecule has 0 aromatic rings. The highest BCUT2D eigenvalue weighted by atomic mass is 35.5. The molecule has 0 aromatic heterocycles. The minimum Gasteiger partial charge on any atom is -0.147 e. The summed E-state index contributed by atoms with van der Waals surface area (Å²) in [4.78, 5) is 0. The Morgan fingerprint density at radius 2 is 1.80 bits per heavy atom. The summed E-state index contributed by atoms with van der Waals surface area (Å²) in [7, 11) is 0. The predicted octanol–water partition coefficient (Wildman–Crippen LogP) is 3.76. The minimum atomic E-state index is 0. The van der Waals surface area contributed by atoms with Crippen LogP contribution in [0.2, 0.25) is 0 Å². The average molecular weight is 183 g/mol. The quantitative estimate of drug-likeness (QED) is 0.571. The van der Waals surface area contributed by atoms with E-state index in [0.29, 0.717) is 0 Å². The molecule has 0 fully saturated rings. The maximum absolute atomic E-state index is 2.21. The Morgan fingerprint density at radius 1 is 1.30 bits per heavy atom. The van der Waals surface area contributed by atoms with Gasteiger partial charge in [0.15, 0.2) is 0 Å². The standard InChI is InChI=1S/C8H14.2ClH/c1-4-6-8(3)7-5-2;;/h4,6-7H,5H2,1-3H3;2*1H/b6-4-,8-7-;;. The summed E-state index contributed by atoms with van der Waals surface area (Å²) in [6.45, 7) is 6.30. The van der Waals surface area contributed by atoms with Gasteiger partial charge in [-0.15, -0.1) is 24.8 Å². The van der Waals surface area contributed by atoms with Gasteiger partial charge in [-0.2, -0.15) is 0 Å². The van der Waals surface area contributed by atoms with E-state index in [4.69, 9.17) is 0 Å². The topological polar surface area (TPSA) is 0 Å². The van der Waals surface area contributed by atoms with Gasteiger partial charge >= 0.3 is 0 Å². The molecule has 0 rings (SSSR count). The van der Waals surface area contributed by atoms with Gasteiger partial charge in [-0.3, -0.25) is 0 Å². The van der Waals surface area contributed by atoms with Crippen LogP contribution in [-0.4, -0.2) is 0 Å². The van der Waals surface area contributed by atoms with Crippen LogP contribution in [0, 0.1) is 0 Å². The number of halogens is 2. The highest BCUT2D eigenvalue weighted by Crippen LogP contribution is 1.95. The molecule has 0 N–H and O–H groups in total. The third kappa shape index (κ3) is 10.9. The highest BCUT2D eigenvalue weighted by molar-refractivity contribution is 5.85. The third-order valence-corrected chi connectivity index (χ3v) is 0.956. The first-order valence-electron chi connectivity index (χ1n) is 3.10. The van der Waals surface area contributed by atoms with E-state index in [9.17, 15) is 0 Å². The van der Waals surface area contributed by atoms with Gasteiger partial charge in [-0.1, -0.05) is 30.7 Å². The van der Waals surface area contributed by atoms with Crippen molar-refractivity contribution in [2.24, 2.45) is 0 Å². The van der Waals surface area contributed by atoms with Crippen molar-refractivity contribution in [3.05, 3.63) is 23.8 Å². The van der Waals surface area contributed by atoms with Crippen LogP contribution >= 0.6 is 24.8 Å². The molecular weight excluding hydrogens is 167 g/mol. The SMILES string of the molecule is C/C=C\C(C)=C/CC.Cl.Cl. The Hall–Kier alpha value is 0.0600. The molecule has 0 aromatic carbocycles. The fraction of sp³-hybridized carbons (Fsp3) is 0.500. The lowest BCUT2D eigenvalue weighted by Crippen LogP contribution is -1.64.